The smallest absolute Gasteiger partial charge is 0.385 e. The fourth-order valence-corrected chi connectivity index (χ4v) is 2.78. The highest BCUT2D eigenvalue weighted by molar-refractivity contribution is 6.30. The molecule has 0 saturated heterocycles. The van der Waals surface area contributed by atoms with Crippen LogP contribution in [-0.2, 0) is 19.1 Å². The van der Waals surface area contributed by atoms with Crippen molar-refractivity contribution in [1.29, 1.82) is 0 Å². The zero-order valence-corrected chi connectivity index (χ0v) is 14.4. The maximum absolute atomic E-state index is 12.9. The summed E-state index contributed by atoms with van der Waals surface area (Å²) >= 11 is 6.01. The van der Waals surface area contributed by atoms with Crippen LogP contribution in [0.25, 0.3) is 0 Å². The van der Waals surface area contributed by atoms with Gasteiger partial charge in [-0.05, 0) is 36.6 Å². The number of halogens is 5. The van der Waals surface area contributed by atoms with Gasteiger partial charge in [0.05, 0.1) is 5.56 Å². The van der Waals surface area contributed by atoms with Gasteiger partial charge in [-0.2, -0.15) is 13.2 Å². The Morgan fingerprint density at radius 1 is 1.36 bits per heavy atom. The molecule has 0 aliphatic carbocycles. The Hall–Kier alpha value is -2.02. The number of nitrogens with two attached hydrogens (primary N) is 1. The molecule has 8 heteroatoms. The normalized spacial score (nSPS) is 16.4. The monoisotopic (exact) mass is 375 g/mol. The number of amidine groups is 1. The fraction of sp³-hybridized carbons (Fsp3) is 0.353. The summed E-state index contributed by atoms with van der Waals surface area (Å²) in [7, 11) is 0. The van der Waals surface area contributed by atoms with E-state index >= 15 is 0 Å². The van der Waals surface area contributed by atoms with Gasteiger partial charge in [0.15, 0.2) is 0 Å². The summed E-state index contributed by atoms with van der Waals surface area (Å²) in [4.78, 5) is 5.55. The number of nitrogens with zero attached hydrogens (tertiary/aromatic N) is 2. The maximum Gasteiger partial charge on any atom is 0.416 e. The SMILES string of the molecule is C=C(/C(C)=C(/Cl)N=C(N)CF)N1CCc2ccc(C(F)(F)F)cc2C1. The van der Waals surface area contributed by atoms with Gasteiger partial charge in [0.2, 0.25) is 0 Å². The molecule has 3 nitrogen and oxygen atoms in total. The molecule has 2 rings (SSSR count). The third-order valence-electron chi connectivity index (χ3n) is 4.05. The van der Waals surface area contributed by atoms with E-state index in [9.17, 15) is 17.6 Å². The van der Waals surface area contributed by atoms with Crippen molar-refractivity contribution in [2.45, 2.75) is 26.1 Å². The Kier molecular flexibility index (Phi) is 5.77. The van der Waals surface area contributed by atoms with Crippen LogP contribution in [-0.4, -0.2) is 24.0 Å². The molecule has 1 aromatic rings. The summed E-state index contributed by atoms with van der Waals surface area (Å²) < 4.78 is 51.1. The van der Waals surface area contributed by atoms with Crippen molar-refractivity contribution < 1.29 is 17.6 Å². The van der Waals surface area contributed by atoms with Crippen LogP contribution in [0.5, 0.6) is 0 Å². The van der Waals surface area contributed by atoms with Crippen molar-refractivity contribution in [2.24, 2.45) is 10.7 Å². The molecule has 0 bridgehead atoms. The van der Waals surface area contributed by atoms with Crippen molar-refractivity contribution in [3.8, 4) is 0 Å². The summed E-state index contributed by atoms with van der Waals surface area (Å²) in [5.74, 6) is -0.254. The predicted octanol–water partition coefficient (Wildman–Crippen LogP) is 4.37. The van der Waals surface area contributed by atoms with E-state index in [4.69, 9.17) is 17.3 Å². The van der Waals surface area contributed by atoms with Crippen molar-refractivity contribution in [1.82, 2.24) is 4.90 Å². The van der Waals surface area contributed by atoms with Gasteiger partial charge in [0.25, 0.3) is 0 Å². The minimum absolute atomic E-state index is 0.00925. The maximum atomic E-state index is 12.9. The van der Waals surface area contributed by atoms with Crippen LogP contribution in [0.4, 0.5) is 17.6 Å². The highest BCUT2D eigenvalue weighted by atomic mass is 35.5. The first-order valence-corrected chi connectivity index (χ1v) is 7.90. The Morgan fingerprint density at radius 3 is 2.64 bits per heavy atom. The second-order valence-electron chi connectivity index (χ2n) is 5.75. The van der Waals surface area contributed by atoms with Gasteiger partial charge >= 0.3 is 6.18 Å². The lowest BCUT2D eigenvalue weighted by Gasteiger charge is -2.33. The highest BCUT2D eigenvalue weighted by Crippen LogP contribution is 2.33. The van der Waals surface area contributed by atoms with Gasteiger partial charge in [-0.3, -0.25) is 0 Å². The lowest BCUT2D eigenvalue weighted by Crippen LogP contribution is -2.30. The number of benzene rings is 1. The van der Waals surface area contributed by atoms with Gasteiger partial charge in [-0.25, -0.2) is 9.38 Å². The zero-order valence-electron chi connectivity index (χ0n) is 13.6. The number of hydrogen-bond acceptors (Lipinski definition) is 2. The Balaban J connectivity index is 2.24. The lowest BCUT2D eigenvalue weighted by atomic mass is 9.96. The van der Waals surface area contributed by atoms with Crippen LogP contribution in [0.3, 0.4) is 0 Å². The van der Waals surface area contributed by atoms with Crippen molar-refractivity contribution in [3.05, 3.63) is 57.9 Å². The van der Waals surface area contributed by atoms with Gasteiger partial charge in [-0.15, -0.1) is 0 Å². The number of hydrogen-bond donors (Lipinski definition) is 1. The second-order valence-corrected chi connectivity index (χ2v) is 6.11. The van der Waals surface area contributed by atoms with E-state index < -0.39 is 18.4 Å². The average molecular weight is 376 g/mol. The first-order chi connectivity index (χ1) is 11.6. The number of alkyl halides is 4. The topological polar surface area (TPSA) is 41.6 Å². The standard InChI is InChI=1S/C17H18ClF4N3/c1-10(16(18)24-15(23)8-19)11(2)25-6-5-12-3-4-14(17(20,21)22)7-13(12)9-25/h3-4,7H,2,5-6,8-9H2,1H3,(H2,23,24)/b16-10-. The molecule has 136 valence electrons. The van der Waals surface area contributed by atoms with Crippen molar-refractivity contribution in [2.75, 3.05) is 13.2 Å². The number of allylic oxidation sites excluding steroid dienone is 1. The number of fused-ring (bicyclic) bond motifs is 1. The number of rotatable bonds is 4. The van der Waals surface area contributed by atoms with E-state index in [1.165, 1.54) is 6.07 Å². The van der Waals surface area contributed by atoms with Crippen LogP contribution in [0, 0.1) is 0 Å². The predicted molar refractivity (Wildman–Crippen MR) is 90.8 cm³/mol. The Bertz CT molecular complexity index is 738. The molecule has 0 amide bonds. The molecule has 0 unspecified atom stereocenters. The summed E-state index contributed by atoms with van der Waals surface area (Å²) in [6.45, 7) is 5.53. The molecule has 0 fully saturated rings. The van der Waals surface area contributed by atoms with Crippen LogP contribution in [0.15, 0.2) is 46.2 Å². The van der Waals surface area contributed by atoms with Crippen LogP contribution in [0.2, 0.25) is 0 Å². The quantitative estimate of drug-likeness (QED) is 0.279. The van der Waals surface area contributed by atoms with E-state index in [0.717, 1.165) is 17.7 Å². The third kappa shape index (κ3) is 4.54. The van der Waals surface area contributed by atoms with E-state index in [2.05, 4.69) is 11.6 Å². The summed E-state index contributed by atoms with van der Waals surface area (Å²) in [6.07, 6.45) is -3.79. The van der Waals surface area contributed by atoms with Crippen molar-refractivity contribution >= 4 is 17.4 Å². The van der Waals surface area contributed by atoms with E-state index in [0.29, 0.717) is 29.8 Å². The first-order valence-electron chi connectivity index (χ1n) is 7.52. The molecule has 0 radical (unpaired) electrons. The van der Waals surface area contributed by atoms with Gasteiger partial charge in [0, 0.05) is 24.4 Å². The molecular weight excluding hydrogens is 358 g/mol. The lowest BCUT2D eigenvalue weighted by molar-refractivity contribution is -0.137. The van der Waals surface area contributed by atoms with Gasteiger partial charge in [0.1, 0.15) is 17.7 Å². The third-order valence-corrected chi connectivity index (χ3v) is 4.42. The molecule has 1 aliphatic rings. The van der Waals surface area contributed by atoms with Crippen LogP contribution in [0.1, 0.15) is 23.6 Å². The Morgan fingerprint density at radius 2 is 2.04 bits per heavy atom. The molecule has 1 aliphatic heterocycles. The van der Waals surface area contributed by atoms with E-state index in [1.54, 1.807) is 6.92 Å². The first kappa shape index (κ1) is 19.3. The van der Waals surface area contributed by atoms with Crippen LogP contribution < -0.4 is 5.73 Å². The highest BCUT2D eigenvalue weighted by Gasteiger charge is 2.31. The minimum Gasteiger partial charge on any atom is -0.385 e. The van der Waals surface area contributed by atoms with E-state index in [1.807, 2.05) is 4.90 Å². The largest absolute Gasteiger partial charge is 0.416 e. The zero-order chi connectivity index (χ0) is 18.8. The minimum atomic E-state index is -4.38. The molecule has 2 N–H and O–H groups in total. The Labute approximate surface area is 148 Å². The molecule has 0 saturated carbocycles. The number of aliphatic imine (C=N–C) groups is 1. The molecule has 0 aromatic heterocycles. The summed E-state index contributed by atoms with van der Waals surface area (Å²) in [6, 6.07) is 3.77. The average Bonchev–Trinajstić information content (AvgIpc) is 2.58. The summed E-state index contributed by atoms with van der Waals surface area (Å²) in [5.41, 5.74) is 7.13. The molecule has 1 aromatic carbocycles. The van der Waals surface area contributed by atoms with Gasteiger partial charge in [-0.1, -0.05) is 24.2 Å². The summed E-state index contributed by atoms with van der Waals surface area (Å²) in [5, 5.41) is 0.00925. The molecule has 0 spiro atoms. The van der Waals surface area contributed by atoms with Crippen molar-refractivity contribution in [3.63, 3.8) is 0 Å². The van der Waals surface area contributed by atoms with Crippen LogP contribution >= 0.6 is 11.6 Å². The molecule has 0 atom stereocenters. The second kappa shape index (κ2) is 7.47. The van der Waals surface area contributed by atoms with E-state index in [-0.39, 0.29) is 17.5 Å². The fourth-order valence-electron chi connectivity index (χ4n) is 2.56. The molecular formula is C17H18ClF4N3. The van der Waals surface area contributed by atoms with Gasteiger partial charge < -0.3 is 10.6 Å². The molecule has 1 heterocycles. The molecule has 25 heavy (non-hydrogen) atoms.